The average molecular weight is 312 g/mol. The molecular weight excluding hydrogens is 292 g/mol. The van der Waals surface area contributed by atoms with Gasteiger partial charge >= 0.3 is 0 Å². The van der Waals surface area contributed by atoms with E-state index in [2.05, 4.69) is 15.4 Å². The molecule has 0 aliphatic rings. The number of fused-ring (bicyclic) bond motifs is 1. The third-order valence-electron chi connectivity index (χ3n) is 3.72. The minimum atomic E-state index is -0.143. The average Bonchev–Trinajstić information content (AvgIpc) is 3.13. The van der Waals surface area contributed by atoms with Crippen molar-refractivity contribution in [3.8, 4) is 5.75 Å². The molecule has 1 amide bonds. The summed E-state index contributed by atoms with van der Waals surface area (Å²) in [4.78, 5) is 15.6. The Bertz CT molecular complexity index is 834. The molecule has 3 aromatic rings. The number of carbonyl (C=O) groups is 1. The van der Waals surface area contributed by atoms with Gasteiger partial charge in [0.2, 0.25) is 0 Å². The van der Waals surface area contributed by atoms with E-state index in [1.54, 1.807) is 10.9 Å². The SMILES string of the molecule is CCOc1ccc2[nH]c(C(=O)NC(C)c3cnn(C)c3)cc2c1. The second-order valence-corrected chi connectivity index (χ2v) is 5.51. The predicted octanol–water partition coefficient (Wildman–Crippen LogP) is 2.79. The van der Waals surface area contributed by atoms with Crippen molar-refractivity contribution in [2.24, 2.45) is 7.05 Å². The molecule has 6 nitrogen and oxygen atoms in total. The first-order valence-corrected chi connectivity index (χ1v) is 7.62. The molecular formula is C17H20N4O2. The quantitative estimate of drug-likeness (QED) is 0.761. The lowest BCUT2D eigenvalue weighted by Crippen LogP contribution is -2.26. The first-order chi connectivity index (χ1) is 11.1. The molecule has 0 aliphatic heterocycles. The maximum Gasteiger partial charge on any atom is 0.268 e. The Morgan fingerprint density at radius 1 is 1.43 bits per heavy atom. The molecule has 120 valence electrons. The number of carbonyl (C=O) groups excluding carboxylic acids is 1. The van der Waals surface area contributed by atoms with Gasteiger partial charge < -0.3 is 15.0 Å². The van der Waals surface area contributed by atoms with Gasteiger partial charge in [0.25, 0.3) is 5.91 Å². The summed E-state index contributed by atoms with van der Waals surface area (Å²) in [7, 11) is 1.85. The lowest BCUT2D eigenvalue weighted by atomic mass is 10.2. The van der Waals surface area contributed by atoms with Gasteiger partial charge in [-0.15, -0.1) is 0 Å². The van der Waals surface area contributed by atoms with E-state index in [0.717, 1.165) is 22.2 Å². The molecule has 2 heterocycles. The van der Waals surface area contributed by atoms with Gasteiger partial charge in [-0.3, -0.25) is 9.48 Å². The monoisotopic (exact) mass is 312 g/mol. The lowest BCUT2D eigenvalue weighted by Gasteiger charge is -2.10. The van der Waals surface area contributed by atoms with Crippen LogP contribution in [0.1, 0.15) is 35.9 Å². The number of nitrogens with zero attached hydrogens (tertiary/aromatic N) is 2. The number of aromatic amines is 1. The zero-order valence-electron chi connectivity index (χ0n) is 13.5. The molecule has 0 aliphatic carbocycles. The molecule has 0 spiro atoms. The normalized spacial score (nSPS) is 12.3. The number of hydrogen-bond acceptors (Lipinski definition) is 3. The van der Waals surface area contributed by atoms with Gasteiger partial charge in [-0.1, -0.05) is 0 Å². The molecule has 23 heavy (non-hydrogen) atoms. The Kier molecular flexibility index (Phi) is 4.06. The summed E-state index contributed by atoms with van der Waals surface area (Å²) >= 11 is 0. The van der Waals surface area contributed by atoms with Gasteiger partial charge in [0, 0.05) is 29.7 Å². The molecule has 6 heteroatoms. The van der Waals surface area contributed by atoms with Crippen LogP contribution in [-0.4, -0.2) is 27.3 Å². The predicted molar refractivity (Wildman–Crippen MR) is 88.6 cm³/mol. The maximum atomic E-state index is 12.4. The van der Waals surface area contributed by atoms with E-state index in [-0.39, 0.29) is 11.9 Å². The fourth-order valence-electron chi connectivity index (χ4n) is 2.51. The van der Waals surface area contributed by atoms with Crippen molar-refractivity contribution in [2.45, 2.75) is 19.9 Å². The molecule has 0 saturated heterocycles. The Morgan fingerprint density at radius 2 is 2.26 bits per heavy atom. The first kappa shape index (κ1) is 15.1. The second kappa shape index (κ2) is 6.16. The molecule has 0 saturated carbocycles. The third kappa shape index (κ3) is 3.21. The van der Waals surface area contributed by atoms with Crippen molar-refractivity contribution in [1.29, 1.82) is 0 Å². The molecule has 1 atom stereocenters. The van der Waals surface area contributed by atoms with E-state index in [0.29, 0.717) is 12.3 Å². The van der Waals surface area contributed by atoms with Crippen LogP contribution >= 0.6 is 0 Å². The Labute approximate surface area is 134 Å². The molecule has 2 N–H and O–H groups in total. The highest BCUT2D eigenvalue weighted by molar-refractivity contribution is 5.98. The molecule has 2 aromatic heterocycles. The first-order valence-electron chi connectivity index (χ1n) is 7.62. The zero-order valence-corrected chi connectivity index (χ0v) is 13.5. The number of nitrogens with one attached hydrogen (secondary N) is 2. The van der Waals surface area contributed by atoms with Crippen LogP contribution in [0.3, 0.4) is 0 Å². The molecule has 3 rings (SSSR count). The van der Waals surface area contributed by atoms with Crippen molar-refractivity contribution in [3.63, 3.8) is 0 Å². The second-order valence-electron chi connectivity index (χ2n) is 5.51. The smallest absolute Gasteiger partial charge is 0.268 e. The molecule has 0 fully saturated rings. The number of ether oxygens (including phenoxy) is 1. The summed E-state index contributed by atoms with van der Waals surface area (Å²) in [5.74, 6) is 0.658. The van der Waals surface area contributed by atoms with Crippen LogP contribution in [0.15, 0.2) is 36.7 Å². The minimum absolute atomic E-state index is 0.110. The number of aromatic nitrogens is 3. The van der Waals surface area contributed by atoms with Gasteiger partial charge in [0.1, 0.15) is 11.4 Å². The lowest BCUT2D eigenvalue weighted by molar-refractivity contribution is 0.0935. The molecule has 1 aromatic carbocycles. The fraction of sp³-hybridized carbons (Fsp3) is 0.294. The van der Waals surface area contributed by atoms with Crippen LogP contribution in [0.5, 0.6) is 5.75 Å². The highest BCUT2D eigenvalue weighted by Crippen LogP contribution is 2.22. The Morgan fingerprint density at radius 3 is 2.96 bits per heavy atom. The Hall–Kier alpha value is -2.76. The van der Waals surface area contributed by atoms with Crippen molar-refractivity contribution in [1.82, 2.24) is 20.1 Å². The summed E-state index contributed by atoms with van der Waals surface area (Å²) in [6, 6.07) is 7.46. The van der Waals surface area contributed by atoms with Crippen LogP contribution < -0.4 is 10.1 Å². The summed E-state index contributed by atoms with van der Waals surface area (Å²) in [6.07, 6.45) is 3.65. The summed E-state index contributed by atoms with van der Waals surface area (Å²) in [6.45, 7) is 4.50. The van der Waals surface area contributed by atoms with E-state index >= 15 is 0 Å². The third-order valence-corrected chi connectivity index (χ3v) is 3.72. The maximum absolute atomic E-state index is 12.4. The topological polar surface area (TPSA) is 71.9 Å². The van der Waals surface area contributed by atoms with Crippen LogP contribution in [0.4, 0.5) is 0 Å². The van der Waals surface area contributed by atoms with Crippen molar-refractivity contribution in [2.75, 3.05) is 6.61 Å². The minimum Gasteiger partial charge on any atom is -0.494 e. The highest BCUT2D eigenvalue weighted by Gasteiger charge is 2.15. The highest BCUT2D eigenvalue weighted by atomic mass is 16.5. The van der Waals surface area contributed by atoms with Crippen LogP contribution in [0.25, 0.3) is 10.9 Å². The fourth-order valence-corrected chi connectivity index (χ4v) is 2.51. The number of benzene rings is 1. The van der Waals surface area contributed by atoms with Crippen molar-refractivity contribution in [3.05, 3.63) is 47.9 Å². The number of aryl methyl sites for hydroxylation is 1. The molecule has 0 bridgehead atoms. The number of H-pyrrole nitrogens is 1. The van der Waals surface area contributed by atoms with E-state index in [9.17, 15) is 4.79 Å². The van der Waals surface area contributed by atoms with E-state index in [1.165, 1.54) is 0 Å². The summed E-state index contributed by atoms with van der Waals surface area (Å²) in [5.41, 5.74) is 2.41. The van der Waals surface area contributed by atoms with Gasteiger partial charge in [-0.05, 0) is 38.1 Å². The van der Waals surface area contributed by atoms with Crippen molar-refractivity contribution < 1.29 is 9.53 Å². The van der Waals surface area contributed by atoms with Crippen LogP contribution in [0.2, 0.25) is 0 Å². The van der Waals surface area contributed by atoms with E-state index < -0.39 is 0 Å². The number of amides is 1. The van der Waals surface area contributed by atoms with Gasteiger partial charge in [-0.2, -0.15) is 5.10 Å². The summed E-state index contributed by atoms with van der Waals surface area (Å²) in [5, 5.41) is 8.05. The van der Waals surface area contributed by atoms with Crippen LogP contribution in [0, 0.1) is 0 Å². The standard InChI is InChI=1S/C17H20N4O2/c1-4-23-14-5-6-15-12(7-14)8-16(20-15)17(22)19-11(2)13-9-18-21(3)10-13/h5-11,20H,4H2,1-3H3,(H,19,22). The molecule has 1 unspecified atom stereocenters. The van der Waals surface area contributed by atoms with Gasteiger partial charge in [-0.25, -0.2) is 0 Å². The van der Waals surface area contributed by atoms with Gasteiger partial charge in [0.15, 0.2) is 0 Å². The van der Waals surface area contributed by atoms with E-state index in [4.69, 9.17) is 4.74 Å². The van der Waals surface area contributed by atoms with Gasteiger partial charge in [0.05, 0.1) is 18.8 Å². The van der Waals surface area contributed by atoms with Crippen LogP contribution in [-0.2, 0) is 7.05 Å². The number of hydrogen-bond donors (Lipinski definition) is 2. The largest absolute Gasteiger partial charge is 0.494 e. The van der Waals surface area contributed by atoms with E-state index in [1.807, 2.05) is 51.4 Å². The van der Waals surface area contributed by atoms with Crippen molar-refractivity contribution >= 4 is 16.8 Å². The number of rotatable bonds is 5. The summed E-state index contributed by atoms with van der Waals surface area (Å²) < 4.78 is 7.20. The Balaban J connectivity index is 1.77. The molecule has 0 radical (unpaired) electrons. The zero-order chi connectivity index (χ0) is 16.4.